The normalized spacial score (nSPS) is 11.7. The lowest BCUT2D eigenvalue weighted by Gasteiger charge is -2.36. The third kappa shape index (κ3) is 14.5. The second-order valence-corrected chi connectivity index (χ2v) is 30.2. The van der Waals surface area contributed by atoms with Crippen molar-refractivity contribution in [3.8, 4) is 17.2 Å². The number of nitro benzene ring substituents is 3. The molecule has 0 spiro atoms. The summed E-state index contributed by atoms with van der Waals surface area (Å²) in [7, 11) is -2.61. The summed E-state index contributed by atoms with van der Waals surface area (Å²) in [5.41, 5.74) is 2.43. The molecule has 1 unspecified atom stereocenters. The number of nitro groups is 3. The van der Waals surface area contributed by atoms with Crippen molar-refractivity contribution in [2.45, 2.75) is 72.3 Å². The van der Waals surface area contributed by atoms with Gasteiger partial charge in [0.25, 0.3) is 19.7 Å². The smallest absolute Gasteiger partial charge is 0.320 e. The number of nitrogens with zero attached hydrogens (tertiary/aromatic N) is 3. The molecule has 74 heavy (non-hydrogen) atoms. The fourth-order valence-corrected chi connectivity index (χ4v) is 14.7. The average molecular weight is 1060 g/mol. The molecule has 0 radical (unpaired) electrons. The summed E-state index contributed by atoms with van der Waals surface area (Å²) >= 11 is 0. The van der Waals surface area contributed by atoms with Crippen molar-refractivity contribution in [3.63, 3.8) is 0 Å². The van der Waals surface area contributed by atoms with Gasteiger partial charge in [0.2, 0.25) is 19.8 Å². The van der Waals surface area contributed by atoms with Crippen LogP contribution in [0, 0.1) is 37.3 Å². The van der Waals surface area contributed by atoms with Crippen LogP contribution < -0.4 is 35.0 Å². The first-order chi connectivity index (χ1) is 35.3. The van der Waals surface area contributed by atoms with Gasteiger partial charge in [0.15, 0.2) is 14.1 Å². The van der Waals surface area contributed by atoms with Gasteiger partial charge in [-0.3, -0.25) is 30.3 Å². The molecule has 0 fully saturated rings. The predicted molar refractivity (Wildman–Crippen MR) is 298 cm³/mol. The maximum Gasteiger partial charge on any atom is 0.320 e. The number of ether oxygens (including phenoxy) is 3. The number of methoxy groups -OCH3 is 3. The van der Waals surface area contributed by atoms with Crippen LogP contribution >= 0.6 is 0 Å². The van der Waals surface area contributed by atoms with Crippen molar-refractivity contribution in [1.82, 2.24) is 0 Å². The van der Waals surface area contributed by atoms with Gasteiger partial charge in [-0.15, -0.1) is 0 Å². The first kappa shape index (κ1) is 57.6. The summed E-state index contributed by atoms with van der Waals surface area (Å²) in [5.74, 6) is 0.562. The molecule has 0 amide bonds. The van der Waals surface area contributed by atoms with Gasteiger partial charge in [0.1, 0.15) is 0 Å². The molecule has 15 nitrogen and oxygen atoms in total. The van der Waals surface area contributed by atoms with E-state index in [0.717, 1.165) is 20.7 Å². The third-order valence-corrected chi connectivity index (χ3v) is 19.7. The minimum atomic E-state index is -2.97. The number of hydrogen-bond acceptors (Lipinski definition) is 12. The van der Waals surface area contributed by atoms with Crippen LogP contribution in [0.5, 0.6) is 17.2 Å². The Morgan fingerprint density at radius 3 is 1.39 bits per heavy atom. The largest absolute Gasteiger partial charge is 0.493 e. The molecular weight excluding hydrogens is 991 g/mol. The number of benzene rings is 7. The molecular formula is C56H65N3O12Si3. The quantitative estimate of drug-likeness (QED) is 0.0305. The molecule has 0 aliphatic heterocycles. The molecule has 7 aromatic carbocycles. The zero-order valence-corrected chi connectivity index (χ0v) is 46.6. The highest BCUT2D eigenvalue weighted by Crippen LogP contribution is 2.46. The van der Waals surface area contributed by atoms with E-state index in [1.807, 2.05) is 123 Å². The summed E-state index contributed by atoms with van der Waals surface area (Å²) in [6.45, 7) is 14.4. The average Bonchev–Trinajstić information content (AvgIpc) is 3.40. The van der Waals surface area contributed by atoms with Crippen molar-refractivity contribution < 1.29 is 42.3 Å². The molecule has 0 heterocycles. The SMILES string of the molecule is CCC(O[Si](c1ccccc1)(c1ccccc1)c1ccccc1)c1ccccc1[N+](=O)[O-].COc1cc(CO[Si](C)(C)c2ccccc2)c([N+](=O)[O-])c(OC)c1OC.Cc1cccc(CO[Si](C)(C)C)c1[N+](=O)[O-]. The van der Waals surface area contributed by atoms with Gasteiger partial charge < -0.3 is 27.5 Å². The van der Waals surface area contributed by atoms with E-state index in [1.165, 1.54) is 21.3 Å². The Bertz CT molecular complexity index is 2850. The zero-order valence-electron chi connectivity index (χ0n) is 43.6. The Balaban J connectivity index is 0.000000217. The van der Waals surface area contributed by atoms with Crippen molar-refractivity contribution in [2.75, 3.05) is 21.3 Å². The summed E-state index contributed by atoms with van der Waals surface area (Å²) in [6.07, 6.45) is 0.190. The van der Waals surface area contributed by atoms with Crippen LogP contribution in [0.15, 0.2) is 170 Å². The number of para-hydroxylation sites is 2. The van der Waals surface area contributed by atoms with Crippen LogP contribution in [-0.4, -0.2) is 61.1 Å². The summed E-state index contributed by atoms with van der Waals surface area (Å²) in [6, 6.07) is 54.5. The van der Waals surface area contributed by atoms with Crippen LogP contribution in [0.2, 0.25) is 32.7 Å². The molecule has 0 aliphatic carbocycles. The van der Waals surface area contributed by atoms with E-state index in [0.29, 0.717) is 41.0 Å². The molecule has 7 rings (SSSR count). The molecule has 7 aromatic rings. The van der Waals surface area contributed by atoms with Gasteiger partial charge in [-0.2, -0.15) is 0 Å². The molecule has 0 aliphatic rings. The van der Waals surface area contributed by atoms with E-state index in [4.69, 9.17) is 27.5 Å². The van der Waals surface area contributed by atoms with Crippen LogP contribution in [0.4, 0.5) is 17.1 Å². The van der Waals surface area contributed by atoms with E-state index in [-0.39, 0.29) is 45.0 Å². The Hall–Kier alpha value is -7.33. The fraction of sp³-hybridized carbons (Fsp3) is 0.250. The zero-order chi connectivity index (χ0) is 54.1. The summed E-state index contributed by atoms with van der Waals surface area (Å²) in [4.78, 5) is 33.2. The highest BCUT2D eigenvalue weighted by Gasteiger charge is 2.44. The molecule has 0 bridgehead atoms. The van der Waals surface area contributed by atoms with Gasteiger partial charge in [0, 0.05) is 11.6 Å². The minimum Gasteiger partial charge on any atom is -0.493 e. The lowest BCUT2D eigenvalue weighted by atomic mass is 10.1. The fourth-order valence-electron chi connectivity index (χ4n) is 8.30. The Kier molecular flexibility index (Phi) is 20.7. The Labute approximate surface area is 436 Å². The number of rotatable bonds is 20. The predicted octanol–water partition coefficient (Wildman–Crippen LogP) is 11.2. The Morgan fingerprint density at radius 2 is 0.959 bits per heavy atom. The summed E-state index contributed by atoms with van der Waals surface area (Å²) < 4.78 is 34.8. The Morgan fingerprint density at radius 1 is 0.500 bits per heavy atom. The van der Waals surface area contributed by atoms with Crippen molar-refractivity contribution in [1.29, 1.82) is 0 Å². The van der Waals surface area contributed by atoms with Crippen molar-refractivity contribution in [3.05, 3.63) is 222 Å². The van der Waals surface area contributed by atoms with Gasteiger partial charge in [-0.1, -0.05) is 153 Å². The molecule has 1 atom stereocenters. The topological polar surface area (TPSA) is 185 Å². The van der Waals surface area contributed by atoms with Crippen molar-refractivity contribution >= 4 is 62.8 Å². The van der Waals surface area contributed by atoms with E-state index >= 15 is 0 Å². The van der Waals surface area contributed by atoms with Crippen LogP contribution in [0.25, 0.3) is 0 Å². The first-order valence-corrected chi connectivity index (χ1v) is 32.2. The maximum atomic E-state index is 11.8. The van der Waals surface area contributed by atoms with E-state index in [1.54, 1.807) is 37.3 Å². The molecule has 18 heteroatoms. The highest BCUT2D eigenvalue weighted by molar-refractivity contribution is 7.07. The highest BCUT2D eigenvalue weighted by atomic mass is 28.4. The molecule has 0 N–H and O–H groups in total. The van der Waals surface area contributed by atoms with Crippen LogP contribution in [0.1, 0.15) is 41.7 Å². The molecule has 0 saturated heterocycles. The van der Waals surface area contributed by atoms with Crippen LogP contribution in [-0.2, 0) is 26.5 Å². The van der Waals surface area contributed by atoms with E-state index < -0.39 is 36.0 Å². The van der Waals surface area contributed by atoms with Gasteiger partial charge in [0.05, 0.1) is 72.1 Å². The third-order valence-electron chi connectivity index (χ3n) is 12.0. The minimum absolute atomic E-state index is 0.0228. The number of hydrogen-bond donors (Lipinski definition) is 0. The van der Waals surface area contributed by atoms with Crippen LogP contribution in [0.3, 0.4) is 0 Å². The maximum absolute atomic E-state index is 11.8. The van der Waals surface area contributed by atoms with Gasteiger partial charge in [-0.25, -0.2) is 0 Å². The van der Waals surface area contributed by atoms with E-state index in [2.05, 4.69) is 56.0 Å². The first-order valence-electron chi connectivity index (χ1n) is 23.9. The monoisotopic (exact) mass is 1060 g/mol. The second kappa shape index (κ2) is 26.6. The second-order valence-electron chi connectivity index (χ2n) is 18.4. The lowest BCUT2D eigenvalue weighted by molar-refractivity contribution is -0.386. The molecule has 0 saturated carbocycles. The van der Waals surface area contributed by atoms with E-state index in [9.17, 15) is 30.3 Å². The van der Waals surface area contributed by atoms with Gasteiger partial charge >= 0.3 is 5.69 Å². The van der Waals surface area contributed by atoms with Crippen molar-refractivity contribution in [2.24, 2.45) is 0 Å². The van der Waals surface area contributed by atoms with Gasteiger partial charge in [-0.05, 0) is 85.0 Å². The molecule has 0 aromatic heterocycles. The number of aryl methyl sites for hydroxylation is 1. The molecule has 388 valence electrons. The summed E-state index contributed by atoms with van der Waals surface area (Å²) in [5, 5.41) is 38.8. The lowest BCUT2D eigenvalue weighted by Crippen LogP contribution is -2.69. The standard InChI is InChI=1S/C27H25NO3Si.C18H23NO6Si.C11H17NO3Si/c1-2-27(25-20-12-13-21-26(25)28(29)30)31-32(22-14-6-3-7-15-22,23-16-8-4-9-17-23)24-18-10-5-11-19-24;1-22-15-11-13(16(19(20)21)18(24-3)17(15)23-2)12-25-26(4,5)14-9-7-6-8-10-14;1-9-6-5-7-10(11(9)12(13)14)8-15-16(2,3)4/h3-21,27H,2H2,1H3;6-11H,12H2,1-5H3;5-7H,8H2,1-4H3.